The molecule has 0 atom stereocenters. The third-order valence-corrected chi connectivity index (χ3v) is 3.00. The summed E-state index contributed by atoms with van der Waals surface area (Å²) in [6.07, 6.45) is 0. The summed E-state index contributed by atoms with van der Waals surface area (Å²) in [5, 5.41) is 35.0. The quantitative estimate of drug-likeness (QED) is 0.635. The molecule has 0 spiro atoms. The lowest BCUT2D eigenvalue weighted by Crippen LogP contribution is -2.27. The van der Waals surface area contributed by atoms with E-state index in [1.165, 1.54) is 18.2 Å². The van der Waals surface area contributed by atoms with Crippen LogP contribution in [0.2, 0.25) is 0 Å². The van der Waals surface area contributed by atoms with Crippen molar-refractivity contribution >= 4 is 28.9 Å². The summed E-state index contributed by atoms with van der Waals surface area (Å²) in [7, 11) is 0. The number of nitrogens with one attached hydrogen (secondary N) is 1. The Labute approximate surface area is 133 Å². The number of nitrogens with zero attached hydrogens (tertiary/aromatic N) is 2. The maximum atomic E-state index is 12.3. The van der Waals surface area contributed by atoms with Crippen LogP contribution < -0.4 is 10.4 Å². The van der Waals surface area contributed by atoms with Crippen LogP contribution in [-0.4, -0.2) is 21.7 Å². The highest BCUT2D eigenvalue weighted by atomic mass is 16.6. The van der Waals surface area contributed by atoms with Gasteiger partial charge >= 0.3 is 0 Å². The number of carboxylic acid groups (broad SMARTS) is 1. The van der Waals surface area contributed by atoms with E-state index >= 15 is 0 Å². The van der Waals surface area contributed by atoms with Gasteiger partial charge in [0.05, 0.1) is 15.8 Å². The summed E-state index contributed by atoms with van der Waals surface area (Å²) in [6, 6.07) is 7.90. The Balaban J connectivity index is 2.46. The van der Waals surface area contributed by atoms with Crippen molar-refractivity contribution in [2.24, 2.45) is 0 Å². The van der Waals surface area contributed by atoms with Crippen molar-refractivity contribution < 1.29 is 24.5 Å². The first-order valence-corrected chi connectivity index (χ1v) is 6.36. The fourth-order valence-corrected chi connectivity index (χ4v) is 1.99. The lowest BCUT2D eigenvalue weighted by atomic mass is 10.0. The maximum Gasteiger partial charge on any atom is 0.282 e. The molecule has 1 amide bonds. The van der Waals surface area contributed by atoms with Crippen molar-refractivity contribution in [1.82, 2.24) is 0 Å². The van der Waals surface area contributed by atoms with E-state index in [0.29, 0.717) is 0 Å². The second-order valence-electron chi connectivity index (χ2n) is 4.51. The number of rotatable bonds is 5. The molecule has 0 bridgehead atoms. The monoisotopic (exact) mass is 330 g/mol. The van der Waals surface area contributed by atoms with Crippen LogP contribution in [0.4, 0.5) is 17.1 Å². The van der Waals surface area contributed by atoms with Gasteiger partial charge in [-0.25, -0.2) is 0 Å². The highest BCUT2D eigenvalue weighted by molar-refractivity contribution is 6.13. The highest BCUT2D eigenvalue weighted by Gasteiger charge is 2.24. The van der Waals surface area contributed by atoms with Crippen LogP contribution >= 0.6 is 0 Å². The number of hydrogen-bond acceptors (Lipinski definition) is 7. The molecular weight excluding hydrogens is 322 g/mol. The van der Waals surface area contributed by atoms with Gasteiger partial charge in [-0.3, -0.25) is 25.0 Å². The zero-order valence-electron chi connectivity index (χ0n) is 11.8. The van der Waals surface area contributed by atoms with Crippen molar-refractivity contribution in [3.63, 3.8) is 0 Å². The van der Waals surface area contributed by atoms with E-state index in [-0.39, 0.29) is 11.4 Å². The van der Waals surface area contributed by atoms with Gasteiger partial charge in [0.1, 0.15) is 5.56 Å². The molecule has 0 aliphatic rings. The Morgan fingerprint density at radius 3 is 2.21 bits per heavy atom. The topological polar surface area (TPSA) is 156 Å². The van der Waals surface area contributed by atoms with E-state index in [2.05, 4.69) is 5.32 Å². The second-order valence-corrected chi connectivity index (χ2v) is 4.51. The van der Waals surface area contributed by atoms with Gasteiger partial charge in [0, 0.05) is 29.4 Å². The summed E-state index contributed by atoms with van der Waals surface area (Å²) in [6.45, 7) is 0. The van der Waals surface area contributed by atoms with Gasteiger partial charge in [0.25, 0.3) is 17.3 Å². The maximum absolute atomic E-state index is 12.3. The average Bonchev–Trinajstić information content (AvgIpc) is 2.54. The van der Waals surface area contributed by atoms with Gasteiger partial charge in [-0.05, 0) is 6.07 Å². The third-order valence-electron chi connectivity index (χ3n) is 3.00. The van der Waals surface area contributed by atoms with Crippen LogP contribution in [0.1, 0.15) is 20.7 Å². The molecular formula is C14H8N3O7-. The van der Waals surface area contributed by atoms with E-state index in [4.69, 9.17) is 0 Å². The van der Waals surface area contributed by atoms with Crippen molar-refractivity contribution in [3.8, 4) is 0 Å². The van der Waals surface area contributed by atoms with Crippen LogP contribution in [0, 0.1) is 20.2 Å². The molecule has 0 heterocycles. The number of carboxylic acids is 1. The molecule has 0 saturated heterocycles. The highest BCUT2D eigenvalue weighted by Crippen LogP contribution is 2.24. The first-order chi connectivity index (χ1) is 11.3. The zero-order chi connectivity index (χ0) is 17.9. The van der Waals surface area contributed by atoms with Gasteiger partial charge in [-0.1, -0.05) is 18.2 Å². The summed E-state index contributed by atoms with van der Waals surface area (Å²) in [5.41, 5.74) is -2.41. The molecule has 1 N–H and O–H groups in total. The molecule has 0 aliphatic heterocycles. The molecule has 10 heteroatoms. The molecule has 24 heavy (non-hydrogen) atoms. The molecule has 10 nitrogen and oxygen atoms in total. The Morgan fingerprint density at radius 1 is 0.958 bits per heavy atom. The van der Waals surface area contributed by atoms with Crippen LogP contribution in [0.25, 0.3) is 0 Å². The number of benzene rings is 2. The normalized spacial score (nSPS) is 10.0. The van der Waals surface area contributed by atoms with Gasteiger partial charge in [-0.15, -0.1) is 0 Å². The number of nitro benzene ring substituents is 2. The molecule has 2 rings (SSSR count). The average molecular weight is 330 g/mol. The number of hydrogen-bond donors (Lipinski definition) is 1. The second kappa shape index (κ2) is 6.52. The molecule has 122 valence electrons. The molecule has 0 saturated carbocycles. The minimum Gasteiger partial charge on any atom is -0.545 e. The SMILES string of the molecule is O=C([O-])c1cccc([N+](=O)[O-])c1C(=O)Nc1cccc([N+](=O)[O-])c1. The third kappa shape index (κ3) is 3.32. The summed E-state index contributed by atoms with van der Waals surface area (Å²) in [4.78, 5) is 43.5. The smallest absolute Gasteiger partial charge is 0.282 e. The number of anilines is 1. The van der Waals surface area contributed by atoms with Crippen LogP contribution in [0.15, 0.2) is 42.5 Å². The van der Waals surface area contributed by atoms with E-state index < -0.39 is 38.5 Å². The number of carbonyl (C=O) groups is 2. The van der Waals surface area contributed by atoms with E-state index in [9.17, 15) is 34.9 Å². The van der Waals surface area contributed by atoms with E-state index in [1.807, 2.05) is 0 Å². The molecule has 0 unspecified atom stereocenters. The molecule has 0 aromatic heterocycles. The fourth-order valence-electron chi connectivity index (χ4n) is 1.99. The van der Waals surface area contributed by atoms with Crippen LogP contribution in [0.5, 0.6) is 0 Å². The van der Waals surface area contributed by atoms with Crippen LogP contribution in [0.3, 0.4) is 0 Å². The standard InChI is InChI=1S/C14H9N3O7/c18-13(15-8-3-1-4-9(7-8)16(21)22)12-10(14(19)20)5-2-6-11(12)17(23)24/h1-7H,(H,15,18)(H,19,20)/p-1. The molecule has 0 fully saturated rings. The summed E-state index contributed by atoms with van der Waals surface area (Å²) >= 11 is 0. The lowest BCUT2D eigenvalue weighted by molar-refractivity contribution is -0.385. The number of nitro groups is 2. The summed E-state index contributed by atoms with van der Waals surface area (Å²) < 4.78 is 0. The first kappa shape index (κ1) is 16.5. The predicted octanol–water partition coefficient (Wildman–Crippen LogP) is 1.12. The minimum atomic E-state index is -1.76. The number of carbonyl (C=O) groups excluding carboxylic acids is 2. The van der Waals surface area contributed by atoms with Crippen molar-refractivity contribution in [2.75, 3.05) is 5.32 Å². The zero-order valence-corrected chi connectivity index (χ0v) is 11.8. The van der Waals surface area contributed by atoms with Crippen molar-refractivity contribution in [3.05, 3.63) is 73.8 Å². The largest absolute Gasteiger partial charge is 0.545 e. The number of amides is 1. The number of non-ortho nitro benzene ring substituents is 1. The minimum absolute atomic E-state index is 0.0170. The van der Waals surface area contributed by atoms with Crippen molar-refractivity contribution in [1.29, 1.82) is 0 Å². The van der Waals surface area contributed by atoms with Gasteiger partial charge in [0.2, 0.25) is 0 Å². The first-order valence-electron chi connectivity index (χ1n) is 6.36. The molecule has 2 aromatic carbocycles. The summed E-state index contributed by atoms with van der Waals surface area (Å²) in [5.74, 6) is -2.86. The molecule has 0 aliphatic carbocycles. The Morgan fingerprint density at radius 2 is 1.62 bits per heavy atom. The van der Waals surface area contributed by atoms with Crippen LogP contribution in [-0.2, 0) is 0 Å². The number of aromatic carboxylic acids is 1. The molecule has 0 radical (unpaired) electrons. The predicted molar refractivity (Wildman–Crippen MR) is 78.5 cm³/mol. The van der Waals surface area contributed by atoms with E-state index in [0.717, 1.165) is 24.3 Å². The van der Waals surface area contributed by atoms with Gasteiger partial charge < -0.3 is 15.2 Å². The Kier molecular flexibility index (Phi) is 4.50. The Hall–Kier alpha value is -3.82. The van der Waals surface area contributed by atoms with Gasteiger partial charge in [-0.2, -0.15) is 0 Å². The lowest BCUT2D eigenvalue weighted by Gasteiger charge is -2.11. The van der Waals surface area contributed by atoms with E-state index in [1.54, 1.807) is 0 Å². The van der Waals surface area contributed by atoms with Gasteiger partial charge in [0.15, 0.2) is 0 Å². The van der Waals surface area contributed by atoms with Crippen molar-refractivity contribution in [2.45, 2.75) is 0 Å². The fraction of sp³-hybridized carbons (Fsp3) is 0. The molecule has 2 aromatic rings. The Bertz CT molecular complexity index is 831.